The predicted molar refractivity (Wildman–Crippen MR) is 111 cm³/mol. The van der Waals surface area contributed by atoms with Crippen LogP contribution in [0.1, 0.15) is 47.3 Å². The number of carboxylic acid groups (broad SMARTS) is 1. The van der Waals surface area contributed by atoms with Gasteiger partial charge in [0, 0.05) is 17.4 Å². The predicted octanol–water partition coefficient (Wildman–Crippen LogP) is 4.07. The summed E-state index contributed by atoms with van der Waals surface area (Å²) in [5.74, 6) is -0.290. The molecule has 2 N–H and O–H groups in total. The van der Waals surface area contributed by atoms with Gasteiger partial charge in [0.25, 0.3) is 0 Å². The number of aromatic carboxylic acids is 1. The van der Waals surface area contributed by atoms with Gasteiger partial charge in [-0.25, -0.2) is 14.8 Å². The molecule has 148 valence electrons. The molecule has 9 heteroatoms. The van der Waals surface area contributed by atoms with Crippen molar-refractivity contribution in [1.82, 2.24) is 24.6 Å². The maximum Gasteiger partial charge on any atom is 0.356 e. The molecule has 1 atom stereocenters. The lowest BCUT2D eigenvalue weighted by atomic mass is 10.0. The van der Waals surface area contributed by atoms with Crippen LogP contribution in [0.3, 0.4) is 0 Å². The van der Waals surface area contributed by atoms with Crippen LogP contribution < -0.4 is 5.32 Å². The Morgan fingerprint density at radius 3 is 2.83 bits per heavy atom. The van der Waals surface area contributed by atoms with E-state index in [0.717, 1.165) is 39.9 Å². The second-order valence-corrected chi connectivity index (χ2v) is 7.25. The number of pyridine rings is 1. The summed E-state index contributed by atoms with van der Waals surface area (Å²) in [5.41, 5.74) is 3.82. The minimum atomic E-state index is -1.15. The topological polar surface area (TPSA) is 105 Å². The number of halogens is 1. The number of nitrogens with zero attached hydrogens (tertiary/aromatic N) is 5. The van der Waals surface area contributed by atoms with Gasteiger partial charge < -0.3 is 10.4 Å². The van der Waals surface area contributed by atoms with Gasteiger partial charge in [-0.3, -0.25) is 4.40 Å². The van der Waals surface area contributed by atoms with Gasteiger partial charge in [-0.15, -0.1) is 10.2 Å². The van der Waals surface area contributed by atoms with Crippen LogP contribution in [0.25, 0.3) is 16.6 Å². The van der Waals surface area contributed by atoms with Crippen LogP contribution in [0.4, 0.5) is 5.69 Å². The molecule has 0 saturated carbocycles. The molecule has 0 aliphatic carbocycles. The van der Waals surface area contributed by atoms with E-state index in [2.05, 4.69) is 20.5 Å². The van der Waals surface area contributed by atoms with E-state index < -0.39 is 5.97 Å². The summed E-state index contributed by atoms with van der Waals surface area (Å²) in [6, 6.07) is 7.03. The summed E-state index contributed by atoms with van der Waals surface area (Å²) in [6.07, 6.45) is 2.40. The molecule has 3 heterocycles. The molecule has 0 aliphatic rings. The van der Waals surface area contributed by atoms with E-state index in [9.17, 15) is 9.90 Å². The van der Waals surface area contributed by atoms with Gasteiger partial charge in [-0.2, -0.15) is 0 Å². The summed E-state index contributed by atoms with van der Waals surface area (Å²) in [7, 11) is 0. The zero-order chi connectivity index (χ0) is 20.7. The Kier molecular flexibility index (Phi) is 4.79. The first-order chi connectivity index (χ1) is 13.9. The first-order valence-corrected chi connectivity index (χ1v) is 9.56. The van der Waals surface area contributed by atoms with E-state index >= 15 is 0 Å². The van der Waals surface area contributed by atoms with Gasteiger partial charge in [-0.1, -0.05) is 24.6 Å². The van der Waals surface area contributed by atoms with E-state index in [-0.39, 0.29) is 16.9 Å². The summed E-state index contributed by atoms with van der Waals surface area (Å²) in [4.78, 5) is 20.4. The molecule has 1 unspecified atom stereocenters. The molecule has 29 heavy (non-hydrogen) atoms. The van der Waals surface area contributed by atoms with E-state index in [1.165, 1.54) is 0 Å². The fraction of sp³-hybridized carbons (Fsp3) is 0.250. The van der Waals surface area contributed by atoms with Crippen molar-refractivity contribution in [3.63, 3.8) is 0 Å². The highest BCUT2D eigenvalue weighted by Gasteiger charge is 2.19. The molecular formula is C20H19ClN6O2. The fourth-order valence-electron chi connectivity index (χ4n) is 3.50. The van der Waals surface area contributed by atoms with E-state index in [1.807, 2.05) is 37.3 Å². The van der Waals surface area contributed by atoms with Gasteiger partial charge in [0.1, 0.15) is 17.3 Å². The molecular weight excluding hydrogens is 392 g/mol. The Hall–Kier alpha value is -3.26. The Morgan fingerprint density at radius 2 is 2.10 bits per heavy atom. The highest BCUT2D eigenvalue weighted by Crippen LogP contribution is 2.30. The van der Waals surface area contributed by atoms with Crippen molar-refractivity contribution in [3.05, 3.63) is 58.4 Å². The first-order valence-electron chi connectivity index (χ1n) is 9.18. The molecule has 8 nitrogen and oxygen atoms in total. The second-order valence-electron chi connectivity index (χ2n) is 6.86. The van der Waals surface area contributed by atoms with Gasteiger partial charge in [-0.05, 0) is 37.6 Å². The molecule has 4 rings (SSSR count). The molecule has 0 spiro atoms. The molecule has 3 aromatic heterocycles. The number of hydrogen-bond acceptors (Lipinski definition) is 6. The number of nitrogens with one attached hydrogen (secondary N) is 1. The monoisotopic (exact) mass is 410 g/mol. The van der Waals surface area contributed by atoms with Gasteiger partial charge in [0.05, 0.1) is 17.2 Å². The Morgan fingerprint density at radius 1 is 1.31 bits per heavy atom. The molecule has 1 aromatic carbocycles. The van der Waals surface area contributed by atoms with Crippen molar-refractivity contribution in [2.45, 2.75) is 33.2 Å². The lowest BCUT2D eigenvalue weighted by Crippen LogP contribution is -2.13. The molecule has 0 saturated heterocycles. The fourth-order valence-corrected chi connectivity index (χ4v) is 3.65. The van der Waals surface area contributed by atoms with Crippen LogP contribution in [0.2, 0.25) is 5.15 Å². The summed E-state index contributed by atoms with van der Waals surface area (Å²) >= 11 is 5.86. The molecule has 0 amide bonds. The molecule has 0 bridgehead atoms. The van der Waals surface area contributed by atoms with Gasteiger partial charge in [0.2, 0.25) is 0 Å². The number of benzene rings is 1. The van der Waals surface area contributed by atoms with Crippen molar-refractivity contribution in [1.29, 1.82) is 0 Å². The molecule has 4 aromatic rings. The normalized spacial score (nSPS) is 12.4. The van der Waals surface area contributed by atoms with E-state index in [0.29, 0.717) is 5.69 Å². The van der Waals surface area contributed by atoms with E-state index in [4.69, 9.17) is 16.6 Å². The lowest BCUT2D eigenvalue weighted by Gasteiger charge is -2.20. The number of anilines is 1. The third-order valence-electron chi connectivity index (χ3n) is 4.81. The highest BCUT2D eigenvalue weighted by molar-refractivity contribution is 6.29. The van der Waals surface area contributed by atoms with Crippen LogP contribution in [0.15, 0.2) is 30.6 Å². The number of carbonyl (C=O) groups is 1. The Bertz CT molecular complexity index is 1250. The molecule has 0 radical (unpaired) electrons. The maximum absolute atomic E-state index is 11.6. The summed E-state index contributed by atoms with van der Waals surface area (Å²) in [5, 5.41) is 22.1. The van der Waals surface area contributed by atoms with Crippen LogP contribution >= 0.6 is 11.6 Å². The van der Waals surface area contributed by atoms with Crippen molar-refractivity contribution < 1.29 is 9.90 Å². The van der Waals surface area contributed by atoms with Crippen molar-refractivity contribution >= 4 is 39.8 Å². The largest absolute Gasteiger partial charge is 0.476 e. The number of fused-ring (bicyclic) bond motifs is 3. The number of hydrogen-bond donors (Lipinski definition) is 2. The van der Waals surface area contributed by atoms with Crippen molar-refractivity contribution in [3.8, 4) is 0 Å². The minimum Gasteiger partial charge on any atom is -0.476 e. The highest BCUT2D eigenvalue weighted by atomic mass is 35.5. The van der Waals surface area contributed by atoms with Gasteiger partial charge in [0.15, 0.2) is 11.3 Å². The average Bonchev–Trinajstić information content (AvgIpc) is 3.18. The van der Waals surface area contributed by atoms with Gasteiger partial charge >= 0.3 is 5.97 Å². The van der Waals surface area contributed by atoms with Crippen LogP contribution in [0.5, 0.6) is 0 Å². The number of carboxylic acids is 1. The number of aryl methyl sites for hydroxylation is 2. The average molecular weight is 411 g/mol. The van der Waals surface area contributed by atoms with Crippen molar-refractivity contribution in [2.24, 2.45) is 0 Å². The number of rotatable bonds is 5. The summed E-state index contributed by atoms with van der Waals surface area (Å²) in [6.45, 7) is 5.99. The minimum absolute atomic E-state index is 0.122. The van der Waals surface area contributed by atoms with Crippen LogP contribution in [0, 0.1) is 6.92 Å². The van der Waals surface area contributed by atoms with Crippen LogP contribution in [-0.2, 0) is 6.42 Å². The molecule has 0 fully saturated rings. The Labute approximate surface area is 171 Å². The molecule has 0 aliphatic heterocycles. The van der Waals surface area contributed by atoms with Crippen molar-refractivity contribution in [2.75, 3.05) is 5.32 Å². The third kappa shape index (κ3) is 3.36. The quantitative estimate of drug-likeness (QED) is 0.478. The Balaban J connectivity index is 1.87. The maximum atomic E-state index is 11.6. The standard InChI is InChI=1S/C20H19ClN6O2/c1-4-16-25-17-12(7-10(2)8-13(17)19-26-22-9-27(16)19)11(3)23-14-5-6-15(21)24-18(14)20(28)29/h5-9,11,23H,4H2,1-3H3,(H,28,29). The first kappa shape index (κ1) is 19.1. The van der Waals surface area contributed by atoms with E-state index in [1.54, 1.807) is 18.5 Å². The number of aromatic nitrogens is 5. The van der Waals surface area contributed by atoms with Crippen LogP contribution in [-0.4, -0.2) is 35.6 Å². The SMILES string of the molecule is CCc1nc2c(C(C)Nc3ccc(Cl)nc3C(=O)O)cc(C)cc2c2nncn12. The zero-order valence-corrected chi connectivity index (χ0v) is 16.9. The smallest absolute Gasteiger partial charge is 0.356 e. The third-order valence-corrected chi connectivity index (χ3v) is 5.02. The zero-order valence-electron chi connectivity index (χ0n) is 16.1. The summed E-state index contributed by atoms with van der Waals surface area (Å²) < 4.78 is 1.90. The second kappa shape index (κ2) is 7.29. The lowest BCUT2D eigenvalue weighted by molar-refractivity contribution is 0.0691.